The van der Waals surface area contributed by atoms with Crippen molar-refractivity contribution in [3.8, 4) is 5.75 Å². The summed E-state index contributed by atoms with van der Waals surface area (Å²) in [6.45, 7) is 0. The molecule has 0 bridgehead atoms. The van der Waals surface area contributed by atoms with Gasteiger partial charge in [-0.25, -0.2) is 4.98 Å². The van der Waals surface area contributed by atoms with Crippen LogP contribution in [0.25, 0.3) is 0 Å². The molecule has 2 heterocycles. The van der Waals surface area contributed by atoms with Crippen molar-refractivity contribution in [2.24, 2.45) is 0 Å². The van der Waals surface area contributed by atoms with Crippen LogP contribution in [0.3, 0.4) is 0 Å². The van der Waals surface area contributed by atoms with Gasteiger partial charge in [-0.3, -0.25) is 9.88 Å². The van der Waals surface area contributed by atoms with Crippen LogP contribution < -0.4 is 15.4 Å². The van der Waals surface area contributed by atoms with E-state index in [-0.39, 0.29) is 11.8 Å². The fraction of sp³-hybridized carbons (Fsp3) is 0.423. The highest BCUT2D eigenvalue weighted by Crippen LogP contribution is 2.39. The number of aromatic nitrogens is 3. The first-order valence-electron chi connectivity index (χ1n) is 11.9. The van der Waals surface area contributed by atoms with Crippen molar-refractivity contribution in [3.63, 3.8) is 0 Å². The summed E-state index contributed by atoms with van der Waals surface area (Å²) >= 11 is 0. The molecular formula is C26H32N6O2. The van der Waals surface area contributed by atoms with Crippen LogP contribution in [0.1, 0.15) is 36.9 Å². The molecule has 1 aromatic carbocycles. The maximum Gasteiger partial charge on any atom is 0.229 e. The van der Waals surface area contributed by atoms with Gasteiger partial charge in [0.05, 0.1) is 11.9 Å². The molecule has 2 aliphatic carbocycles. The summed E-state index contributed by atoms with van der Waals surface area (Å²) in [4.78, 5) is 15.7. The third-order valence-corrected chi connectivity index (χ3v) is 6.80. The molecule has 0 atom stereocenters. The Kier molecular flexibility index (Phi) is 6.34. The number of benzene rings is 1. The van der Waals surface area contributed by atoms with Gasteiger partial charge in [0.15, 0.2) is 0 Å². The SMILES string of the molecule is COC1(N(C)C)CC(Oc2ccc(Nc3nccc(Nc4cnc5c(c4)CCCC5)n3)cc2)C1. The molecule has 0 saturated heterocycles. The fourth-order valence-electron chi connectivity index (χ4n) is 4.68. The first-order chi connectivity index (χ1) is 16.5. The van der Waals surface area contributed by atoms with Gasteiger partial charge < -0.3 is 20.1 Å². The van der Waals surface area contributed by atoms with Crippen LogP contribution in [0.5, 0.6) is 5.75 Å². The summed E-state index contributed by atoms with van der Waals surface area (Å²) in [5.41, 5.74) is 4.20. The Morgan fingerprint density at radius 1 is 0.971 bits per heavy atom. The topological polar surface area (TPSA) is 84.4 Å². The Bertz CT molecular complexity index is 1130. The van der Waals surface area contributed by atoms with E-state index in [1.54, 1.807) is 13.3 Å². The summed E-state index contributed by atoms with van der Waals surface area (Å²) in [6, 6.07) is 11.9. The van der Waals surface area contributed by atoms with E-state index in [0.29, 0.717) is 5.95 Å². The molecule has 8 nitrogen and oxygen atoms in total. The van der Waals surface area contributed by atoms with Crippen LogP contribution in [0.2, 0.25) is 0 Å². The monoisotopic (exact) mass is 460 g/mol. The second-order valence-electron chi connectivity index (χ2n) is 9.27. The molecule has 0 aliphatic heterocycles. The first-order valence-corrected chi connectivity index (χ1v) is 11.9. The van der Waals surface area contributed by atoms with E-state index >= 15 is 0 Å². The predicted octanol–water partition coefficient (Wildman–Crippen LogP) is 4.68. The molecule has 3 aromatic rings. The predicted molar refractivity (Wildman–Crippen MR) is 133 cm³/mol. The maximum atomic E-state index is 6.11. The van der Waals surface area contributed by atoms with Gasteiger partial charge in [0, 0.05) is 37.5 Å². The standard InChI is InChI=1S/C26H32N6O2/c1-32(2)26(33-3)15-22(16-26)34-21-10-8-19(9-11-21)30-25-27-13-12-24(31-25)29-20-14-18-6-4-5-7-23(18)28-17-20/h8-14,17,22H,4-7,15-16H2,1-3H3,(H2,27,29,30,31). The van der Waals surface area contributed by atoms with E-state index in [2.05, 4.69) is 36.6 Å². The molecule has 0 amide bonds. The highest BCUT2D eigenvalue weighted by molar-refractivity contribution is 5.60. The second kappa shape index (κ2) is 9.56. The summed E-state index contributed by atoms with van der Waals surface area (Å²) in [7, 11) is 5.83. The lowest BCUT2D eigenvalue weighted by Crippen LogP contribution is -2.59. The van der Waals surface area contributed by atoms with Crippen molar-refractivity contribution in [1.29, 1.82) is 0 Å². The molecule has 5 rings (SSSR count). The fourth-order valence-corrected chi connectivity index (χ4v) is 4.68. The average molecular weight is 461 g/mol. The second-order valence-corrected chi connectivity index (χ2v) is 9.27. The number of fused-ring (bicyclic) bond motifs is 1. The Morgan fingerprint density at radius 3 is 2.53 bits per heavy atom. The number of rotatable bonds is 8. The molecule has 34 heavy (non-hydrogen) atoms. The molecule has 178 valence electrons. The van der Waals surface area contributed by atoms with Gasteiger partial charge in [0.25, 0.3) is 0 Å². The lowest BCUT2D eigenvalue weighted by Gasteiger charge is -2.50. The van der Waals surface area contributed by atoms with Gasteiger partial charge in [-0.15, -0.1) is 0 Å². The minimum absolute atomic E-state index is 0.158. The van der Waals surface area contributed by atoms with E-state index in [0.717, 1.165) is 48.6 Å². The van der Waals surface area contributed by atoms with E-state index in [1.165, 1.54) is 24.1 Å². The zero-order chi connectivity index (χ0) is 23.5. The number of aryl methyl sites for hydroxylation is 2. The van der Waals surface area contributed by atoms with E-state index in [1.807, 2.05) is 50.6 Å². The molecule has 0 unspecified atom stereocenters. The first kappa shape index (κ1) is 22.6. The normalized spacial score (nSPS) is 21.5. The van der Waals surface area contributed by atoms with Crippen molar-refractivity contribution in [2.75, 3.05) is 31.8 Å². The van der Waals surface area contributed by atoms with Crippen molar-refractivity contribution < 1.29 is 9.47 Å². The molecule has 2 N–H and O–H groups in total. The quantitative estimate of drug-likeness (QED) is 0.469. The number of nitrogens with zero attached hydrogens (tertiary/aromatic N) is 4. The highest BCUT2D eigenvalue weighted by atomic mass is 16.5. The van der Waals surface area contributed by atoms with Crippen LogP contribution in [0.15, 0.2) is 48.8 Å². The van der Waals surface area contributed by atoms with Crippen LogP contribution in [-0.2, 0) is 17.6 Å². The molecule has 1 saturated carbocycles. The van der Waals surface area contributed by atoms with E-state index in [4.69, 9.17) is 9.47 Å². The zero-order valence-electron chi connectivity index (χ0n) is 20.0. The number of anilines is 4. The lowest BCUT2D eigenvalue weighted by molar-refractivity contribution is -0.204. The van der Waals surface area contributed by atoms with Gasteiger partial charge in [0.2, 0.25) is 5.95 Å². The number of nitrogens with one attached hydrogen (secondary N) is 2. The minimum Gasteiger partial charge on any atom is -0.490 e. The van der Waals surface area contributed by atoms with Gasteiger partial charge in [-0.1, -0.05) is 0 Å². The minimum atomic E-state index is -0.211. The molecular weight excluding hydrogens is 428 g/mol. The maximum absolute atomic E-state index is 6.11. The molecule has 1 fully saturated rings. The van der Waals surface area contributed by atoms with Gasteiger partial charge >= 0.3 is 0 Å². The average Bonchev–Trinajstić information content (AvgIpc) is 2.82. The van der Waals surface area contributed by atoms with Crippen molar-refractivity contribution in [2.45, 2.75) is 50.4 Å². The van der Waals surface area contributed by atoms with Crippen LogP contribution >= 0.6 is 0 Å². The number of pyridine rings is 1. The molecule has 0 spiro atoms. The van der Waals surface area contributed by atoms with Crippen molar-refractivity contribution in [1.82, 2.24) is 19.9 Å². The Balaban J connectivity index is 1.18. The highest BCUT2D eigenvalue weighted by Gasteiger charge is 2.48. The molecule has 2 aromatic heterocycles. The number of hydrogen-bond acceptors (Lipinski definition) is 8. The molecule has 8 heteroatoms. The number of ether oxygens (including phenoxy) is 2. The summed E-state index contributed by atoms with van der Waals surface area (Å²) in [5, 5.41) is 6.62. The third kappa shape index (κ3) is 4.83. The molecule has 0 radical (unpaired) electrons. The van der Waals surface area contributed by atoms with Crippen LogP contribution in [0, 0.1) is 0 Å². The van der Waals surface area contributed by atoms with Crippen LogP contribution in [0.4, 0.5) is 23.1 Å². The Hall–Kier alpha value is -3.23. The smallest absolute Gasteiger partial charge is 0.229 e. The van der Waals surface area contributed by atoms with Crippen molar-refractivity contribution >= 4 is 23.1 Å². The largest absolute Gasteiger partial charge is 0.490 e. The van der Waals surface area contributed by atoms with Gasteiger partial charge in [-0.05, 0) is 81.7 Å². The van der Waals surface area contributed by atoms with E-state index in [9.17, 15) is 0 Å². The zero-order valence-corrected chi connectivity index (χ0v) is 20.0. The molecule has 2 aliphatic rings. The Morgan fingerprint density at radius 2 is 1.76 bits per heavy atom. The summed E-state index contributed by atoms with van der Waals surface area (Å²) in [6.07, 6.45) is 10.1. The number of hydrogen-bond donors (Lipinski definition) is 2. The third-order valence-electron chi connectivity index (χ3n) is 6.80. The summed E-state index contributed by atoms with van der Waals surface area (Å²) in [5.74, 6) is 2.09. The Labute approximate surface area is 200 Å². The van der Waals surface area contributed by atoms with Crippen LogP contribution in [-0.4, -0.2) is 52.9 Å². The van der Waals surface area contributed by atoms with E-state index < -0.39 is 0 Å². The van der Waals surface area contributed by atoms with Crippen molar-refractivity contribution in [3.05, 3.63) is 60.0 Å². The lowest BCUT2D eigenvalue weighted by atomic mass is 9.83. The van der Waals surface area contributed by atoms with Gasteiger partial charge in [0.1, 0.15) is 23.4 Å². The summed E-state index contributed by atoms with van der Waals surface area (Å²) < 4.78 is 11.8. The van der Waals surface area contributed by atoms with Gasteiger partial charge in [-0.2, -0.15) is 4.98 Å². The number of methoxy groups -OCH3 is 1.